The third-order valence-electron chi connectivity index (χ3n) is 5.55. The van der Waals surface area contributed by atoms with E-state index in [0.717, 1.165) is 42.9 Å². The van der Waals surface area contributed by atoms with E-state index in [4.69, 9.17) is 4.74 Å². The molecule has 6 heteroatoms. The van der Waals surface area contributed by atoms with Gasteiger partial charge in [0.25, 0.3) is 0 Å². The SMILES string of the molecule is CC(=O)Nc1sc2c(c1C(c1ccccc1F)[NH+]1CCOCC1)CCCC2. The number of amides is 1. The Kier molecular flexibility index (Phi) is 5.57. The molecule has 1 aromatic carbocycles. The fourth-order valence-electron chi connectivity index (χ4n) is 4.36. The van der Waals surface area contributed by atoms with Crippen LogP contribution >= 0.6 is 11.3 Å². The Balaban J connectivity index is 1.87. The maximum atomic E-state index is 14.9. The van der Waals surface area contributed by atoms with Crippen LogP contribution in [0.15, 0.2) is 24.3 Å². The fourth-order valence-corrected chi connectivity index (χ4v) is 5.73. The molecule has 1 fully saturated rings. The highest BCUT2D eigenvalue weighted by Gasteiger charge is 2.36. The molecule has 1 unspecified atom stereocenters. The first kappa shape index (κ1) is 18.6. The lowest BCUT2D eigenvalue weighted by Gasteiger charge is -2.33. The maximum Gasteiger partial charge on any atom is 0.221 e. The van der Waals surface area contributed by atoms with Gasteiger partial charge in [-0.1, -0.05) is 12.1 Å². The van der Waals surface area contributed by atoms with Gasteiger partial charge in [0.2, 0.25) is 5.91 Å². The normalized spacial score (nSPS) is 18.7. The Morgan fingerprint density at radius 2 is 1.96 bits per heavy atom. The minimum absolute atomic E-state index is 0.0703. The van der Waals surface area contributed by atoms with E-state index in [1.165, 1.54) is 21.8 Å². The van der Waals surface area contributed by atoms with Gasteiger partial charge in [0.15, 0.2) is 0 Å². The lowest BCUT2D eigenvalue weighted by molar-refractivity contribution is -0.933. The maximum absolute atomic E-state index is 14.9. The third-order valence-corrected chi connectivity index (χ3v) is 6.77. The lowest BCUT2D eigenvalue weighted by Crippen LogP contribution is -3.14. The van der Waals surface area contributed by atoms with E-state index < -0.39 is 0 Å². The van der Waals surface area contributed by atoms with Crippen molar-refractivity contribution in [2.45, 2.75) is 38.6 Å². The molecule has 1 aliphatic heterocycles. The number of hydrogen-bond acceptors (Lipinski definition) is 3. The molecule has 0 saturated carbocycles. The van der Waals surface area contributed by atoms with Crippen molar-refractivity contribution in [2.75, 3.05) is 31.6 Å². The molecule has 2 N–H and O–H groups in total. The van der Waals surface area contributed by atoms with Gasteiger partial charge in [-0.25, -0.2) is 4.39 Å². The van der Waals surface area contributed by atoms with E-state index in [1.807, 2.05) is 12.1 Å². The summed E-state index contributed by atoms with van der Waals surface area (Å²) >= 11 is 1.68. The number of benzene rings is 1. The second kappa shape index (κ2) is 8.09. The number of thiophene rings is 1. The number of anilines is 1. The molecule has 2 heterocycles. The Morgan fingerprint density at radius 1 is 1.22 bits per heavy atom. The average molecular weight is 390 g/mol. The van der Waals surface area contributed by atoms with Crippen LogP contribution < -0.4 is 10.2 Å². The number of quaternary nitrogens is 1. The second-order valence-electron chi connectivity index (χ2n) is 7.36. The summed E-state index contributed by atoms with van der Waals surface area (Å²) in [5, 5.41) is 3.96. The molecule has 1 amide bonds. The summed E-state index contributed by atoms with van der Waals surface area (Å²) in [6, 6.07) is 6.96. The van der Waals surface area contributed by atoms with Crippen molar-refractivity contribution >= 4 is 22.2 Å². The van der Waals surface area contributed by atoms with E-state index in [-0.39, 0.29) is 17.8 Å². The van der Waals surface area contributed by atoms with Crippen LogP contribution in [0.2, 0.25) is 0 Å². The quantitative estimate of drug-likeness (QED) is 0.844. The Labute approximate surface area is 163 Å². The van der Waals surface area contributed by atoms with E-state index in [0.29, 0.717) is 18.8 Å². The summed E-state index contributed by atoms with van der Waals surface area (Å²) in [4.78, 5) is 14.5. The van der Waals surface area contributed by atoms with Crippen molar-refractivity contribution in [3.63, 3.8) is 0 Å². The summed E-state index contributed by atoms with van der Waals surface area (Å²) in [7, 11) is 0. The molecule has 0 bridgehead atoms. The van der Waals surface area contributed by atoms with Crippen molar-refractivity contribution in [1.82, 2.24) is 0 Å². The van der Waals surface area contributed by atoms with Crippen molar-refractivity contribution in [1.29, 1.82) is 0 Å². The van der Waals surface area contributed by atoms with Gasteiger partial charge >= 0.3 is 0 Å². The van der Waals surface area contributed by atoms with Crippen LogP contribution in [0, 0.1) is 5.82 Å². The van der Waals surface area contributed by atoms with Crippen molar-refractivity contribution in [2.24, 2.45) is 0 Å². The molecular formula is C21H26FN2O2S+. The Hall–Kier alpha value is -1.76. The molecule has 0 radical (unpaired) electrons. The molecule has 1 atom stereocenters. The molecule has 0 spiro atoms. The summed E-state index contributed by atoms with van der Waals surface area (Å²) in [6.45, 7) is 4.58. The van der Waals surface area contributed by atoms with Gasteiger partial charge in [0.1, 0.15) is 29.9 Å². The van der Waals surface area contributed by atoms with E-state index >= 15 is 0 Å². The highest BCUT2D eigenvalue weighted by Crippen LogP contribution is 2.42. The summed E-state index contributed by atoms with van der Waals surface area (Å²) in [6.07, 6.45) is 4.39. The van der Waals surface area contributed by atoms with E-state index in [9.17, 15) is 9.18 Å². The van der Waals surface area contributed by atoms with E-state index in [1.54, 1.807) is 30.4 Å². The number of nitrogens with one attached hydrogen (secondary N) is 2. The molecule has 144 valence electrons. The topological polar surface area (TPSA) is 42.8 Å². The highest BCUT2D eigenvalue weighted by atomic mass is 32.1. The number of halogens is 1. The summed E-state index contributed by atoms with van der Waals surface area (Å²) < 4.78 is 20.4. The van der Waals surface area contributed by atoms with Crippen LogP contribution in [0.25, 0.3) is 0 Å². The zero-order valence-corrected chi connectivity index (χ0v) is 16.5. The fraction of sp³-hybridized carbons (Fsp3) is 0.476. The van der Waals surface area contributed by atoms with Gasteiger partial charge in [-0.2, -0.15) is 0 Å². The van der Waals surface area contributed by atoms with Crippen LogP contribution in [0.5, 0.6) is 0 Å². The number of aryl methyl sites for hydroxylation is 1. The molecule has 4 rings (SSSR count). The van der Waals surface area contributed by atoms with Crippen LogP contribution in [0.1, 0.15) is 47.4 Å². The minimum atomic E-state index is -0.175. The first-order valence-electron chi connectivity index (χ1n) is 9.74. The van der Waals surface area contributed by atoms with Gasteiger partial charge in [0.05, 0.1) is 18.8 Å². The minimum Gasteiger partial charge on any atom is -0.370 e. The van der Waals surface area contributed by atoms with Crippen LogP contribution in [-0.2, 0) is 22.4 Å². The smallest absolute Gasteiger partial charge is 0.221 e. The molecule has 4 nitrogen and oxygen atoms in total. The number of ether oxygens (including phenoxy) is 1. The lowest BCUT2D eigenvalue weighted by atomic mass is 9.88. The first-order valence-corrected chi connectivity index (χ1v) is 10.6. The summed E-state index contributed by atoms with van der Waals surface area (Å²) in [5.41, 5.74) is 3.18. The highest BCUT2D eigenvalue weighted by molar-refractivity contribution is 7.16. The van der Waals surface area contributed by atoms with Crippen LogP contribution in [0.3, 0.4) is 0 Å². The van der Waals surface area contributed by atoms with Gasteiger partial charge in [-0.05, 0) is 43.4 Å². The van der Waals surface area contributed by atoms with Gasteiger partial charge in [-0.3, -0.25) is 4.79 Å². The zero-order valence-electron chi connectivity index (χ0n) is 15.6. The van der Waals surface area contributed by atoms with E-state index in [2.05, 4.69) is 5.32 Å². The van der Waals surface area contributed by atoms with Gasteiger partial charge < -0.3 is 15.0 Å². The Morgan fingerprint density at radius 3 is 2.70 bits per heavy atom. The number of carbonyl (C=O) groups excluding carboxylic acids is 1. The number of hydrogen-bond donors (Lipinski definition) is 2. The molecular weight excluding hydrogens is 363 g/mol. The number of carbonyl (C=O) groups is 1. The summed E-state index contributed by atoms with van der Waals surface area (Å²) in [5.74, 6) is -0.245. The molecule has 1 aliphatic carbocycles. The van der Waals surface area contributed by atoms with Crippen LogP contribution in [-0.4, -0.2) is 32.2 Å². The number of morpholine rings is 1. The molecule has 2 aromatic rings. The monoisotopic (exact) mass is 389 g/mol. The standard InChI is InChI=1S/C21H25FN2O2S/c1-14(25)23-21-19(16-7-3-5-9-18(16)27-21)20(24-10-12-26-13-11-24)15-6-2-4-8-17(15)22/h2,4,6,8,20H,3,5,7,9-13H2,1H3,(H,23,25)/p+1. The predicted molar refractivity (Wildman–Crippen MR) is 105 cm³/mol. The third kappa shape index (κ3) is 3.79. The van der Waals surface area contributed by atoms with Crippen molar-refractivity contribution < 1.29 is 18.8 Å². The Bertz CT molecular complexity index is 830. The molecule has 2 aliphatic rings. The van der Waals surface area contributed by atoms with Gasteiger partial charge in [0, 0.05) is 17.4 Å². The van der Waals surface area contributed by atoms with Gasteiger partial charge in [-0.15, -0.1) is 11.3 Å². The van der Waals surface area contributed by atoms with Crippen LogP contribution in [0.4, 0.5) is 9.39 Å². The average Bonchev–Trinajstić information content (AvgIpc) is 3.02. The van der Waals surface area contributed by atoms with Crippen molar-refractivity contribution in [3.8, 4) is 0 Å². The largest absolute Gasteiger partial charge is 0.370 e. The molecule has 1 saturated heterocycles. The number of rotatable bonds is 4. The molecule has 1 aromatic heterocycles. The number of fused-ring (bicyclic) bond motifs is 1. The first-order chi connectivity index (χ1) is 13.1. The molecule has 27 heavy (non-hydrogen) atoms. The predicted octanol–water partition coefficient (Wildman–Crippen LogP) is 2.73. The second-order valence-corrected chi connectivity index (χ2v) is 8.47. The van der Waals surface area contributed by atoms with Crippen molar-refractivity contribution in [3.05, 3.63) is 51.7 Å². The zero-order chi connectivity index (χ0) is 18.8.